The normalized spacial score (nSPS) is 16.6. The van der Waals surface area contributed by atoms with Crippen LogP contribution in [0.25, 0.3) is 11.1 Å². The Hall–Kier alpha value is -3.82. The van der Waals surface area contributed by atoms with Gasteiger partial charge in [-0.1, -0.05) is 96.5 Å². The first-order valence-electron chi connectivity index (χ1n) is 17.6. The average molecular weight is 711 g/mol. The second-order valence-electron chi connectivity index (χ2n) is 13.2. The molecule has 1 atom stereocenters. The monoisotopic (exact) mass is 710 g/mol. The zero-order valence-corrected chi connectivity index (χ0v) is 30.4. The van der Waals surface area contributed by atoms with Crippen LogP contribution >= 0.6 is 23.4 Å². The number of piperidine rings is 1. The summed E-state index contributed by atoms with van der Waals surface area (Å²) in [6.45, 7) is 6.53. The van der Waals surface area contributed by atoms with Crippen molar-refractivity contribution >= 4 is 35.4 Å². The molecule has 0 radical (unpaired) electrons. The highest BCUT2D eigenvalue weighted by molar-refractivity contribution is 7.98. The highest BCUT2D eigenvalue weighted by atomic mass is 35.5. The van der Waals surface area contributed by atoms with E-state index in [-0.39, 0.29) is 18.4 Å². The van der Waals surface area contributed by atoms with Crippen LogP contribution < -0.4 is 5.32 Å². The van der Waals surface area contributed by atoms with E-state index in [1.165, 1.54) is 27.1 Å². The standard InChI is InChI=1S/C41H47ClN4O3S/c1-50-38-15-9-8-14-35(38)29-45-24-26-46(27-25-45)40(47)39(43-41(48)49-30-31-10-4-2-5-11-31)33-18-21-44(22-19-33)23-20-34-28-36(42)16-17-37(34)32-12-6-3-7-13-32/h2-17,28,33,39H,18-27,29-30H2,1H3,(H,43,48)/t39-/m1/s1. The molecule has 1 N–H and O–H groups in total. The van der Waals surface area contributed by atoms with Gasteiger partial charge in [-0.3, -0.25) is 9.69 Å². The largest absolute Gasteiger partial charge is 0.445 e. The first-order chi connectivity index (χ1) is 24.5. The van der Waals surface area contributed by atoms with E-state index >= 15 is 0 Å². The van der Waals surface area contributed by atoms with Gasteiger partial charge in [0.1, 0.15) is 12.6 Å². The van der Waals surface area contributed by atoms with Crippen molar-refractivity contribution in [1.82, 2.24) is 20.0 Å². The van der Waals surface area contributed by atoms with E-state index in [2.05, 4.69) is 82.0 Å². The highest BCUT2D eigenvalue weighted by Crippen LogP contribution is 2.29. The molecule has 2 heterocycles. The number of likely N-dealkylation sites (tertiary alicyclic amines) is 1. The summed E-state index contributed by atoms with van der Waals surface area (Å²) in [5.74, 6) is 0.0243. The van der Waals surface area contributed by atoms with Crippen LogP contribution in [0.1, 0.15) is 29.5 Å². The van der Waals surface area contributed by atoms with Crippen molar-refractivity contribution in [3.05, 3.63) is 125 Å². The number of carbonyl (C=O) groups is 2. The second-order valence-corrected chi connectivity index (χ2v) is 14.5. The zero-order valence-electron chi connectivity index (χ0n) is 28.8. The molecule has 2 aliphatic rings. The van der Waals surface area contributed by atoms with Gasteiger partial charge >= 0.3 is 6.09 Å². The number of piperazine rings is 1. The number of nitrogens with one attached hydrogen (secondary N) is 1. The van der Waals surface area contributed by atoms with Gasteiger partial charge in [0.15, 0.2) is 0 Å². The van der Waals surface area contributed by atoms with Gasteiger partial charge in [0.05, 0.1) is 0 Å². The molecule has 7 nitrogen and oxygen atoms in total. The summed E-state index contributed by atoms with van der Waals surface area (Å²) in [7, 11) is 0. The number of halogens is 1. The van der Waals surface area contributed by atoms with Crippen LogP contribution in [-0.2, 0) is 29.1 Å². The van der Waals surface area contributed by atoms with E-state index < -0.39 is 12.1 Å². The van der Waals surface area contributed by atoms with Crippen LogP contribution in [0.15, 0.2) is 108 Å². The summed E-state index contributed by atoms with van der Waals surface area (Å²) in [4.78, 5) is 35.4. The lowest BCUT2D eigenvalue weighted by Crippen LogP contribution is -2.58. The number of thioether (sulfide) groups is 1. The van der Waals surface area contributed by atoms with Crippen LogP contribution in [0.2, 0.25) is 5.02 Å². The summed E-state index contributed by atoms with van der Waals surface area (Å²) < 4.78 is 5.61. The number of hydrogen-bond acceptors (Lipinski definition) is 6. The SMILES string of the molecule is CSc1ccccc1CN1CCN(C(=O)[C@H](NC(=O)OCc2ccccc2)C2CCN(CCc3cc(Cl)ccc3-c3ccccc3)CC2)CC1. The van der Waals surface area contributed by atoms with Gasteiger partial charge < -0.3 is 19.9 Å². The van der Waals surface area contributed by atoms with Crippen molar-refractivity contribution < 1.29 is 14.3 Å². The van der Waals surface area contributed by atoms with Gasteiger partial charge in [-0.15, -0.1) is 11.8 Å². The smallest absolute Gasteiger partial charge is 0.408 e. The minimum Gasteiger partial charge on any atom is -0.445 e. The van der Waals surface area contributed by atoms with Crippen molar-refractivity contribution in [2.75, 3.05) is 52.1 Å². The van der Waals surface area contributed by atoms with Crippen molar-refractivity contribution in [2.24, 2.45) is 5.92 Å². The predicted octanol–water partition coefficient (Wildman–Crippen LogP) is 7.62. The number of nitrogens with zero attached hydrogens (tertiary/aromatic N) is 3. The van der Waals surface area contributed by atoms with Gasteiger partial charge in [-0.2, -0.15) is 0 Å². The number of ether oxygens (including phenoxy) is 1. The van der Waals surface area contributed by atoms with E-state index in [0.717, 1.165) is 69.1 Å². The Bertz CT molecular complexity index is 1690. The molecule has 50 heavy (non-hydrogen) atoms. The zero-order chi connectivity index (χ0) is 34.7. The van der Waals surface area contributed by atoms with Gasteiger partial charge in [0.25, 0.3) is 0 Å². The molecule has 4 aromatic rings. The fourth-order valence-corrected chi connectivity index (χ4v) is 7.93. The van der Waals surface area contributed by atoms with Gasteiger partial charge in [-0.05, 0) is 90.5 Å². The van der Waals surface area contributed by atoms with Crippen molar-refractivity contribution in [3.63, 3.8) is 0 Å². The van der Waals surface area contributed by atoms with Gasteiger partial charge in [0, 0.05) is 49.2 Å². The number of carbonyl (C=O) groups excluding carboxylic acids is 2. The molecule has 0 aromatic heterocycles. The van der Waals surface area contributed by atoms with E-state index in [1.807, 2.05) is 47.4 Å². The van der Waals surface area contributed by atoms with E-state index in [1.54, 1.807) is 11.8 Å². The number of rotatable bonds is 12. The Balaban J connectivity index is 1.07. The Morgan fingerprint density at radius 3 is 2.22 bits per heavy atom. The minimum atomic E-state index is -0.623. The molecular formula is C41H47ClN4O3S. The summed E-state index contributed by atoms with van der Waals surface area (Å²) in [5.41, 5.74) is 5.86. The summed E-state index contributed by atoms with van der Waals surface area (Å²) in [5, 5.41) is 3.77. The number of benzene rings is 4. The average Bonchev–Trinajstić information content (AvgIpc) is 3.16. The molecule has 2 fully saturated rings. The van der Waals surface area contributed by atoms with Crippen molar-refractivity contribution in [2.45, 2.75) is 43.4 Å². The van der Waals surface area contributed by atoms with Crippen LogP contribution in [0, 0.1) is 5.92 Å². The summed E-state index contributed by atoms with van der Waals surface area (Å²) in [6.07, 6.45) is 4.09. The topological polar surface area (TPSA) is 65.1 Å². The maximum Gasteiger partial charge on any atom is 0.408 e. The lowest BCUT2D eigenvalue weighted by atomic mass is 9.88. The molecule has 2 aliphatic heterocycles. The third-order valence-corrected chi connectivity index (χ3v) is 11.0. The lowest BCUT2D eigenvalue weighted by Gasteiger charge is -2.40. The third-order valence-electron chi connectivity index (χ3n) is 9.98. The fraction of sp³-hybridized carbons (Fsp3) is 0.366. The van der Waals surface area contributed by atoms with Gasteiger partial charge in [0.2, 0.25) is 5.91 Å². The molecule has 262 valence electrons. The molecular weight excluding hydrogens is 664 g/mol. The molecule has 0 bridgehead atoms. The second kappa shape index (κ2) is 17.9. The Morgan fingerprint density at radius 1 is 0.820 bits per heavy atom. The molecule has 4 aromatic carbocycles. The first-order valence-corrected chi connectivity index (χ1v) is 19.2. The Kier molecular flexibility index (Phi) is 12.9. The quantitative estimate of drug-likeness (QED) is 0.153. The van der Waals surface area contributed by atoms with Gasteiger partial charge in [-0.25, -0.2) is 4.79 Å². The molecule has 0 spiro atoms. The first kappa shape index (κ1) is 36.0. The fourth-order valence-electron chi connectivity index (χ4n) is 7.13. The lowest BCUT2D eigenvalue weighted by molar-refractivity contribution is -0.137. The predicted molar refractivity (Wildman–Crippen MR) is 203 cm³/mol. The molecule has 0 unspecified atom stereocenters. The minimum absolute atomic E-state index is 0.00398. The van der Waals surface area contributed by atoms with Crippen LogP contribution in [-0.4, -0.2) is 84.8 Å². The van der Waals surface area contributed by atoms with E-state index in [4.69, 9.17) is 16.3 Å². The van der Waals surface area contributed by atoms with E-state index in [9.17, 15) is 9.59 Å². The molecule has 9 heteroatoms. The maximum absolute atomic E-state index is 14.2. The van der Waals surface area contributed by atoms with E-state index in [0.29, 0.717) is 13.1 Å². The van der Waals surface area contributed by atoms with Crippen LogP contribution in [0.5, 0.6) is 0 Å². The molecule has 2 amide bonds. The summed E-state index contributed by atoms with van der Waals surface area (Å²) in [6, 6.07) is 34.1. The molecule has 0 saturated carbocycles. The third kappa shape index (κ3) is 9.69. The number of amides is 2. The Morgan fingerprint density at radius 2 is 1.50 bits per heavy atom. The highest BCUT2D eigenvalue weighted by Gasteiger charge is 2.36. The van der Waals surface area contributed by atoms with Crippen molar-refractivity contribution in [1.29, 1.82) is 0 Å². The van der Waals surface area contributed by atoms with Crippen LogP contribution in [0.3, 0.4) is 0 Å². The summed E-state index contributed by atoms with van der Waals surface area (Å²) >= 11 is 8.20. The van der Waals surface area contributed by atoms with Crippen LogP contribution in [0.4, 0.5) is 4.79 Å². The molecule has 0 aliphatic carbocycles. The Labute approximate surface area is 305 Å². The molecule has 2 saturated heterocycles. The molecule has 6 rings (SSSR count). The number of hydrogen-bond donors (Lipinski definition) is 1. The number of alkyl carbamates (subject to hydrolysis) is 1. The maximum atomic E-state index is 14.2. The van der Waals surface area contributed by atoms with Crippen molar-refractivity contribution in [3.8, 4) is 11.1 Å².